The van der Waals surface area contributed by atoms with Gasteiger partial charge in [0.25, 0.3) is 5.91 Å². The minimum atomic E-state index is -0.177. The topological polar surface area (TPSA) is 55.1 Å². The Hall–Kier alpha value is -1.22. The monoisotopic (exact) mass is 268 g/mol. The lowest BCUT2D eigenvalue weighted by Crippen LogP contribution is -2.33. The smallest absolute Gasteiger partial charge is 0.252 e. The van der Waals surface area contributed by atoms with Crippen LogP contribution in [0.2, 0.25) is 5.02 Å². The molecule has 0 saturated carbocycles. The lowest BCUT2D eigenvalue weighted by Gasteiger charge is -2.27. The number of nitrogen functional groups attached to an aromatic ring is 1. The number of nitrogens with one attached hydrogen (secondary N) is 1. The second-order valence-corrected chi connectivity index (χ2v) is 6.06. The van der Waals surface area contributed by atoms with Crippen LogP contribution < -0.4 is 11.1 Å². The van der Waals surface area contributed by atoms with Crippen LogP contribution in [0.4, 0.5) is 5.69 Å². The predicted octanol–water partition coefficient (Wildman–Crippen LogP) is 3.33. The summed E-state index contributed by atoms with van der Waals surface area (Å²) in [4.78, 5) is 12.0. The van der Waals surface area contributed by atoms with Gasteiger partial charge in [-0.05, 0) is 23.5 Å². The highest BCUT2D eigenvalue weighted by Crippen LogP contribution is 2.25. The number of hydrogen-bond acceptors (Lipinski definition) is 2. The molecule has 0 bridgehead atoms. The van der Waals surface area contributed by atoms with E-state index in [-0.39, 0.29) is 11.3 Å². The molecule has 1 aromatic carbocycles. The molecule has 0 aliphatic rings. The maximum atomic E-state index is 12.0. The minimum absolute atomic E-state index is 0.160. The summed E-state index contributed by atoms with van der Waals surface area (Å²) in [6.07, 6.45) is 0. The van der Waals surface area contributed by atoms with Crippen molar-refractivity contribution in [1.29, 1.82) is 0 Å². The second kappa shape index (κ2) is 5.61. The molecular weight excluding hydrogens is 248 g/mol. The van der Waals surface area contributed by atoms with Gasteiger partial charge in [-0.2, -0.15) is 0 Å². The fourth-order valence-corrected chi connectivity index (χ4v) is 1.58. The maximum absolute atomic E-state index is 12.0. The van der Waals surface area contributed by atoms with Crippen molar-refractivity contribution in [2.75, 3.05) is 12.3 Å². The van der Waals surface area contributed by atoms with E-state index in [1.807, 2.05) is 0 Å². The lowest BCUT2D eigenvalue weighted by molar-refractivity contribution is 0.0937. The maximum Gasteiger partial charge on any atom is 0.252 e. The Morgan fingerprint density at radius 3 is 2.61 bits per heavy atom. The van der Waals surface area contributed by atoms with Crippen LogP contribution in [0, 0.1) is 11.3 Å². The molecule has 1 aromatic rings. The van der Waals surface area contributed by atoms with Crippen molar-refractivity contribution in [3.63, 3.8) is 0 Å². The van der Waals surface area contributed by atoms with Crippen molar-refractivity contribution in [1.82, 2.24) is 5.32 Å². The molecule has 0 aromatic heterocycles. The first-order valence-corrected chi connectivity index (χ1v) is 6.43. The summed E-state index contributed by atoms with van der Waals surface area (Å²) in [6, 6.07) is 5.08. The van der Waals surface area contributed by atoms with Crippen LogP contribution in [0.25, 0.3) is 0 Å². The number of benzene rings is 1. The zero-order valence-corrected chi connectivity index (χ0v) is 12.1. The van der Waals surface area contributed by atoms with Crippen molar-refractivity contribution < 1.29 is 4.79 Å². The van der Waals surface area contributed by atoms with Gasteiger partial charge in [-0.3, -0.25) is 4.79 Å². The summed E-state index contributed by atoms with van der Waals surface area (Å²) in [6.45, 7) is 9.18. The Morgan fingerprint density at radius 2 is 2.06 bits per heavy atom. The second-order valence-electron chi connectivity index (χ2n) is 5.69. The summed E-state index contributed by atoms with van der Waals surface area (Å²) >= 11 is 6.01. The molecule has 1 unspecified atom stereocenters. The van der Waals surface area contributed by atoms with Crippen molar-refractivity contribution >= 4 is 23.2 Å². The summed E-state index contributed by atoms with van der Waals surface area (Å²) < 4.78 is 0. The van der Waals surface area contributed by atoms with E-state index in [2.05, 4.69) is 33.0 Å². The number of hydrogen-bond donors (Lipinski definition) is 2. The number of carbonyl (C=O) groups is 1. The molecule has 1 rings (SSSR count). The van der Waals surface area contributed by atoms with Crippen LogP contribution in [0.3, 0.4) is 0 Å². The molecule has 0 radical (unpaired) electrons. The molecule has 0 fully saturated rings. The molecule has 0 spiro atoms. The van der Waals surface area contributed by atoms with E-state index in [1.165, 1.54) is 0 Å². The van der Waals surface area contributed by atoms with Crippen LogP contribution in [0.1, 0.15) is 38.1 Å². The number of amides is 1. The predicted molar refractivity (Wildman–Crippen MR) is 76.8 cm³/mol. The van der Waals surface area contributed by atoms with Crippen LogP contribution in [0.15, 0.2) is 18.2 Å². The summed E-state index contributed by atoms with van der Waals surface area (Å²) in [5, 5.41) is 3.21. The highest BCUT2D eigenvalue weighted by atomic mass is 35.5. The molecule has 1 atom stereocenters. The third kappa shape index (κ3) is 3.64. The zero-order chi connectivity index (χ0) is 13.9. The highest BCUT2D eigenvalue weighted by molar-refractivity contribution is 6.36. The fourth-order valence-electron chi connectivity index (χ4n) is 1.37. The minimum Gasteiger partial charge on any atom is -0.398 e. The Bertz CT molecular complexity index is 438. The van der Waals surface area contributed by atoms with Gasteiger partial charge in [-0.1, -0.05) is 45.4 Å². The normalized spacial score (nSPS) is 13.2. The standard InChI is InChI=1S/C14H21ClN2O/c1-9(14(2,3)4)8-17-13(18)10-6-5-7-11(16)12(10)15/h5-7,9H,8,16H2,1-4H3,(H,17,18). The summed E-state index contributed by atoms with van der Waals surface area (Å²) in [5.41, 5.74) is 6.68. The van der Waals surface area contributed by atoms with Gasteiger partial charge in [-0.15, -0.1) is 0 Å². The Labute approximate surface area is 114 Å². The van der Waals surface area contributed by atoms with Gasteiger partial charge in [0, 0.05) is 6.54 Å². The van der Waals surface area contributed by atoms with Crippen LogP contribution >= 0.6 is 11.6 Å². The molecule has 100 valence electrons. The third-order valence-corrected chi connectivity index (χ3v) is 3.74. The van der Waals surface area contributed by atoms with Gasteiger partial charge >= 0.3 is 0 Å². The fraction of sp³-hybridized carbons (Fsp3) is 0.500. The van der Waals surface area contributed by atoms with Crippen LogP contribution in [0.5, 0.6) is 0 Å². The molecule has 3 N–H and O–H groups in total. The first kappa shape index (κ1) is 14.8. The number of anilines is 1. The van der Waals surface area contributed by atoms with Crippen LogP contribution in [-0.2, 0) is 0 Å². The van der Waals surface area contributed by atoms with Gasteiger partial charge in [0.2, 0.25) is 0 Å². The molecule has 0 aliphatic carbocycles. The largest absolute Gasteiger partial charge is 0.398 e. The average molecular weight is 269 g/mol. The van der Waals surface area contributed by atoms with Gasteiger partial charge in [0.15, 0.2) is 0 Å². The van der Waals surface area contributed by atoms with Crippen molar-refractivity contribution in [2.45, 2.75) is 27.7 Å². The first-order chi connectivity index (χ1) is 8.23. The number of halogens is 1. The van der Waals surface area contributed by atoms with E-state index < -0.39 is 0 Å². The number of rotatable bonds is 3. The van der Waals surface area contributed by atoms with Gasteiger partial charge in [0.05, 0.1) is 16.3 Å². The van der Waals surface area contributed by atoms with E-state index in [4.69, 9.17) is 17.3 Å². The Balaban J connectivity index is 2.70. The van der Waals surface area contributed by atoms with Crippen LogP contribution in [-0.4, -0.2) is 12.5 Å². The van der Waals surface area contributed by atoms with E-state index in [0.29, 0.717) is 28.7 Å². The molecule has 0 aliphatic heterocycles. The molecular formula is C14H21ClN2O. The SMILES string of the molecule is CC(CNC(=O)c1cccc(N)c1Cl)C(C)(C)C. The zero-order valence-electron chi connectivity index (χ0n) is 11.4. The number of carbonyl (C=O) groups excluding carboxylic acids is 1. The Kier molecular flexibility index (Phi) is 4.63. The van der Waals surface area contributed by atoms with E-state index in [9.17, 15) is 4.79 Å². The van der Waals surface area contributed by atoms with Gasteiger partial charge < -0.3 is 11.1 Å². The van der Waals surface area contributed by atoms with Crippen molar-refractivity contribution in [2.24, 2.45) is 11.3 Å². The number of nitrogens with two attached hydrogens (primary N) is 1. The molecule has 1 amide bonds. The third-order valence-electron chi connectivity index (χ3n) is 3.32. The van der Waals surface area contributed by atoms with E-state index in [1.54, 1.807) is 18.2 Å². The molecule has 3 nitrogen and oxygen atoms in total. The molecule has 0 heterocycles. The summed E-state index contributed by atoms with van der Waals surface area (Å²) in [7, 11) is 0. The molecule has 18 heavy (non-hydrogen) atoms. The van der Waals surface area contributed by atoms with Crippen molar-refractivity contribution in [3.05, 3.63) is 28.8 Å². The van der Waals surface area contributed by atoms with Crippen molar-refractivity contribution in [3.8, 4) is 0 Å². The molecule has 0 saturated heterocycles. The van der Waals surface area contributed by atoms with E-state index in [0.717, 1.165) is 0 Å². The summed E-state index contributed by atoms with van der Waals surface area (Å²) in [5.74, 6) is 0.199. The molecule has 4 heteroatoms. The highest BCUT2D eigenvalue weighted by Gasteiger charge is 2.21. The lowest BCUT2D eigenvalue weighted by atomic mass is 9.82. The van der Waals surface area contributed by atoms with Gasteiger partial charge in [0.1, 0.15) is 0 Å². The van der Waals surface area contributed by atoms with E-state index >= 15 is 0 Å². The Morgan fingerprint density at radius 1 is 1.44 bits per heavy atom. The quantitative estimate of drug-likeness (QED) is 0.826. The first-order valence-electron chi connectivity index (χ1n) is 6.05. The average Bonchev–Trinajstić information content (AvgIpc) is 2.27. The van der Waals surface area contributed by atoms with Gasteiger partial charge in [-0.25, -0.2) is 0 Å².